The van der Waals surface area contributed by atoms with Crippen LogP contribution < -0.4 is 4.72 Å². The van der Waals surface area contributed by atoms with E-state index in [1.807, 2.05) is 39.8 Å². The second-order valence-corrected chi connectivity index (χ2v) is 9.85. The first-order valence-electron chi connectivity index (χ1n) is 9.51. The van der Waals surface area contributed by atoms with Gasteiger partial charge in [0.15, 0.2) is 5.13 Å². The highest BCUT2D eigenvalue weighted by atomic mass is 32.2. The summed E-state index contributed by atoms with van der Waals surface area (Å²) >= 11 is 1.18. The van der Waals surface area contributed by atoms with Crippen LogP contribution in [-0.2, 0) is 27.7 Å². The number of thiazole rings is 1. The van der Waals surface area contributed by atoms with Crippen LogP contribution >= 0.6 is 11.3 Å². The van der Waals surface area contributed by atoms with Crippen molar-refractivity contribution < 1.29 is 13.2 Å². The smallest absolute Gasteiger partial charge is 0.263 e. The zero-order chi connectivity index (χ0) is 20.9. The molecule has 1 heterocycles. The minimum absolute atomic E-state index is 0.0174. The molecule has 0 saturated heterocycles. The third-order valence-corrected chi connectivity index (χ3v) is 6.57. The van der Waals surface area contributed by atoms with Crippen LogP contribution in [0.1, 0.15) is 52.3 Å². The number of amides is 1. The maximum atomic E-state index is 12.6. The highest BCUT2D eigenvalue weighted by Crippen LogP contribution is 2.22. The summed E-state index contributed by atoms with van der Waals surface area (Å²) in [4.78, 5) is 18.8. The summed E-state index contributed by atoms with van der Waals surface area (Å²) in [6, 6.07) is 7.06. The van der Waals surface area contributed by atoms with Gasteiger partial charge in [0, 0.05) is 17.5 Å². The predicted molar refractivity (Wildman–Crippen MR) is 114 cm³/mol. The van der Waals surface area contributed by atoms with Crippen LogP contribution in [0.25, 0.3) is 0 Å². The monoisotopic (exact) mass is 423 g/mol. The Morgan fingerprint density at radius 3 is 2.29 bits per heavy atom. The lowest BCUT2D eigenvalue weighted by atomic mass is 10.1. The molecule has 0 aliphatic carbocycles. The van der Waals surface area contributed by atoms with Gasteiger partial charge in [0.25, 0.3) is 10.0 Å². The molecule has 6 nitrogen and oxygen atoms in total. The van der Waals surface area contributed by atoms with Crippen LogP contribution in [0.2, 0.25) is 0 Å². The molecule has 154 valence electrons. The summed E-state index contributed by atoms with van der Waals surface area (Å²) in [6.07, 6.45) is 2.08. The summed E-state index contributed by atoms with van der Waals surface area (Å²) in [5.74, 6) is -0.0174. The van der Waals surface area contributed by atoms with Crippen LogP contribution in [0.15, 0.2) is 34.5 Å². The van der Waals surface area contributed by atoms with Gasteiger partial charge in [-0.25, -0.2) is 13.4 Å². The maximum Gasteiger partial charge on any atom is 0.263 e. The van der Waals surface area contributed by atoms with E-state index >= 15 is 0 Å². The van der Waals surface area contributed by atoms with Gasteiger partial charge in [0.2, 0.25) is 5.91 Å². The molecule has 0 saturated carbocycles. The second-order valence-electron chi connectivity index (χ2n) is 7.31. The topological polar surface area (TPSA) is 79.4 Å². The molecule has 0 aliphatic rings. The lowest BCUT2D eigenvalue weighted by molar-refractivity contribution is -0.134. The third kappa shape index (κ3) is 5.78. The van der Waals surface area contributed by atoms with E-state index in [9.17, 15) is 13.2 Å². The van der Waals surface area contributed by atoms with Crippen LogP contribution in [-0.4, -0.2) is 36.3 Å². The average molecular weight is 424 g/mol. The largest absolute Gasteiger partial charge is 0.338 e. The Balaban J connectivity index is 2.08. The number of hydrogen-bond acceptors (Lipinski definition) is 5. The molecule has 8 heteroatoms. The van der Waals surface area contributed by atoms with Gasteiger partial charge in [-0.05, 0) is 51.8 Å². The fraction of sp³-hybridized carbons (Fsp3) is 0.500. The Morgan fingerprint density at radius 1 is 1.14 bits per heavy atom. The molecular formula is C20H29N3O3S2. The highest BCUT2D eigenvalue weighted by molar-refractivity contribution is 7.93. The van der Waals surface area contributed by atoms with Gasteiger partial charge in [-0.15, -0.1) is 11.3 Å². The first kappa shape index (κ1) is 22.4. The molecule has 1 aromatic heterocycles. The minimum atomic E-state index is -3.70. The zero-order valence-electron chi connectivity index (χ0n) is 17.1. The third-order valence-electron chi connectivity index (χ3n) is 4.28. The molecule has 2 rings (SSSR count). The maximum absolute atomic E-state index is 12.6. The molecule has 0 aliphatic heterocycles. The Labute approximate surface area is 172 Å². The fourth-order valence-corrected chi connectivity index (χ4v) is 5.11. The summed E-state index contributed by atoms with van der Waals surface area (Å²) < 4.78 is 27.6. The SMILES string of the molecule is CCCc1ccc(S(=O)(=O)Nc2nc(CC(=O)N(C(C)C)C(C)C)cs2)cc1. The highest BCUT2D eigenvalue weighted by Gasteiger charge is 2.22. The van der Waals surface area contributed by atoms with E-state index < -0.39 is 10.0 Å². The van der Waals surface area contributed by atoms with Crippen molar-refractivity contribution in [2.75, 3.05) is 4.72 Å². The number of aromatic nitrogens is 1. The molecule has 1 amide bonds. The van der Waals surface area contributed by atoms with E-state index in [4.69, 9.17) is 0 Å². The Kier molecular flexibility index (Phi) is 7.60. The van der Waals surface area contributed by atoms with E-state index in [-0.39, 0.29) is 34.4 Å². The molecule has 28 heavy (non-hydrogen) atoms. The van der Waals surface area contributed by atoms with E-state index in [0.717, 1.165) is 18.4 Å². The van der Waals surface area contributed by atoms with Crippen LogP contribution in [0, 0.1) is 0 Å². The van der Waals surface area contributed by atoms with Crippen LogP contribution in [0.3, 0.4) is 0 Å². The van der Waals surface area contributed by atoms with Gasteiger partial charge in [0.1, 0.15) is 0 Å². The molecule has 0 spiro atoms. The lowest BCUT2D eigenvalue weighted by Gasteiger charge is -2.30. The van der Waals surface area contributed by atoms with Crippen LogP contribution in [0.5, 0.6) is 0 Å². The van der Waals surface area contributed by atoms with Gasteiger partial charge < -0.3 is 4.90 Å². The Morgan fingerprint density at radius 2 is 1.75 bits per heavy atom. The van der Waals surface area contributed by atoms with Crippen molar-refractivity contribution in [1.82, 2.24) is 9.88 Å². The normalized spacial score (nSPS) is 11.8. The summed E-state index contributed by atoms with van der Waals surface area (Å²) in [7, 11) is -3.70. The van der Waals surface area contributed by atoms with Gasteiger partial charge >= 0.3 is 0 Å². The number of nitrogens with one attached hydrogen (secondary N) is 1. The van der Waals surface area contributed by atoms with Crippen molar-refractivity contribution in [3.63, 3.8) is 0 Å². The van der Waals surface area contributed by atoms with Crippen molar-refractivity contribution in [1.29, 1.82) is 0 Å². The summed E-state index contributed by atoms with van der Waals surface area (Å²) in [5, 5.41) is 1.99. The quantitative estimate of drug-likeness (QED) is 0.659. The number of sulfonamides is 1. The van der Waals surface area contributed by atoms with E-state index in [1.54, 1.807) is 22.4 Å². The number of nitrogens with zero attached hydrogens (tertiary/aromatic N) is 2. The summed E-state index contributed by atoms with van der Waals surface area (Å²) in [6.45, 7) is 9.99. The number of aryl methyl sites for hydroxylation is 1. The number of hydrogen-bond donors (Lipinski definition) is 1. The summed E-state index contributed by atoms with van der Waals surface area (Å²) in [5.41, 5.74) is 1.67. The number of anilines is 1. The molecule has 0 fully saturated rings. The van der Waals surface area contributed by atoms with Gasteiger partial charge in [-0.2, -0.15) is 0 Å². The molecule has 0 unspecified atom stereocenters. The van der Waals surface area contributed by atoms with Gasteiger partial charge in [-0.1, -0.05) is 25.5 Å². The molecular weight excluding hydrogens is 394 g/mol. The van der Waals surface area contributed by atoms with Crippen molar-refractivity contribution in [2.45, 2.75) is 70.9 Å². The zero-order valence-corrected chi connectivity index (χ0v) is 18.7. The van der Waals surface area contributed by atoms with Crippen molar-refractivity contribution in [3.05, 3.63) is 40.9 Å². The Hall–Kier alpha value is -1.93. The molecule has 0 bridgehead atoms. The molecule has 0 radical (unpaired) electrons. The Bertz CT molecular complexity index is 880. The number of rotatable bonds is 9. The van der Waals surface area contributed by atoms with Crippen molar-refractivity contribution >= 4 is 32.4 Å². The predicted octanol–water partition coefficient (Wildman–Crippen LogP) is 4.08. The van der Waals surface area contributed by atoms with E-state index in [2.05, 4.69) is 16.6 Å². The van der Waals surface area contributed by atoms with Crippen molar-refractivity contribution in [3.8, 4) is 0 Å². The van der Waals surface area contributed by atoms with Crippen molar-refractivity contribution in [2.24, 2.45) is 0 Å². The molecule has 0 atom stereocenters. The fourth-order valence-electron chi connectivity index (χ4n) is 3.15. The average Bonchev–Trinajstić information content (AvgIpc) is 3.01. The van der Waals surface area contributed by atoms with Gasteiger partial charge in [0.05, 0.1) is 17.0 Å². The lowest BCUT2D eigenvalue weighted by Crippen LogP contribution is -2.42. The number of carbonyl (C=O) groups excluding carboxylic acids is 1. The second kappa shape index (κ2) is 9.52. The first-order valence-corrected chi connectivity index (χ1v) is 11.9. The number of carbonyl (C=O) groups is 1. The van der Waals surface area contributed by atoms with Crippen LogP contribution in [0.4, 0.5) is 5.13 Å². The molecule has 1 N–H and O–H groups in total. The van der Waals surface area contributed by atoms with Gasteiger partial charge in [-0.3, -0.25) is 9.52 Å². The molecule has 2 aromatic rings. The van der Waals surface area contributed by atoms with E-state index in [0.29, 0.717) is 5.69 Å². The molecule has 1 aromatic carbocycles. The first-order chi connectivity index (χ1) is 13.1. The standard InChI is InChI=1S/C20H29N3O3S2/c1-6-7-16-8-10-18(11-9-16)28(25,26)22-20-21-17(13-27-20)12-19(24)23(14(2)3)15(4)5/h8-11,13-15H,6-7,12H2,1-5H3,(H,21,22). The minimum Gasteiger partial charge on any atom is -0.338 e. The van der Waals surface area contributed by atoms with E-state index in [1.165, 1.54) is 11.3 Å². The number of benzene rings is 1.